The van der Waals surface area contributed by atoms with Crippen LogP contribution in [0.15, 0.2) is 0 Å². The molecule has 0 amide bonds. The van der Waals surface area contributed by atoms with E-state index in [-0.39, 0.29) is 16.6 Å². The number of aromatic nitrogens is 2. The van der Waals surface area contributed by atoms with Crippen LogP contribution in [0.25, 0.3) is 0 Å². The number of nitrogen functional groups attached to an aromatic ring is 1. The zero-order valence-electron chi connectivity index (χ0n) is 4.33. The molecule has 0 aliphatic rings. The summed E-state index contributed by atoms with van der Waals surface area (Å²) < 4.78 is 3.36. The third-order valence-electron chi connectivity index (χ3n) is 0.726. The van der Waals surface area contributed by atoms with E-state index in [0.717, 1.165) is 11.5 Å². The van der Waals surface area contributed by atoms with Crippen molar-refractivity contribution in [1.29, 1.82) is 5.41 Å². The van der Waals surface area contributed by atoms with Gasteiger partial charge in [-0.15, -0.1) is 5.10 Å². The van der Waals surface area contributed by atoms with E-state index in [1.165, 1.54) is 0 Å². The molecule has 0 atom stereocenters. The fourth-order valence-electron chi connectivity index (χ4n) is 0.355. The van der Waals surface area contributed by atoms with Gasteiger partial charge in [-0.2, -0.15) is 0 Å². The highest BCUT2D eigenvalue weighted by Crippen LogP contribution is 2.16. The molecule has 0 saturated heterocycles. The Hall–Kier alpha value is -1.17. The first-order valence-corrected chi connectivity index (χ1v) is 2.85. The number of nitrogens with two attached hydrogens (primary N) is 1. The second kappa shape index (κ2) is 1.98. The van der Waals surface area contributed by atoms with Crippen molar-refractivity contribution < 1.29 is 5.11 Å². The first kappa shape index (κ1) is 5.96. The molecule has 48 valence electrons. The van der Waals surface area contributed by atoms with Gasteiger partial charge in [-0.3, -0.25) is 5.41 Å². The average Bonchev–Trinajstić information content (AvgIpc) is 2.13. The first-order valence-electron chi connectivity index (χ1n) is 2.07. The predicted molar refractivity (Wildman–Crippen MR) is 32.6 cm³/mol. The van der Waals surface area contributed by atoms with Gasteiger partial charge in [0.1, 0.15) is 5.84 Å². The Bertz CT molecular complexity index is 231. The van der Waals surface area contributed by atoms with Gasteiger partial charge >= 0.3 is 0 Å². The molecule has 0 aliphatic heterocycles. The van der Waals surface area contributed by atoms with Crippen LogP contribution in [0.5, 0.6) is 5.06 Å². The van der Waals surface area contributed by atoms with Gasteiger partial charge in [-0.25, -0.2) is 0 Å². The number of nitrogens with one attached hydrogen (secondary N) is 1. The number of hydrogen-bond acceptors (Lipinski definition) is 5. The third kappa shape index (κ3) is 0.968. The van der Waals surface area contributed by atoms with Gasteiger partial charge in [0.15, 0.2) is 5.69 Å². The van der Waals surface area contributed by atoms with Crippen LogP contribution in [0.1, 0.15) is 5.69 Å². The third-order valence-corrected chi connectivity index (χ3v) is 1.26. The van der Waals surface area contributed by atoms with Crippen LogP contribution in [-0.2, 0) is 0 Å². The van der Waals surface area contributed by atoms with E-state index >= 15 is 0 Å². The minimum Gasteiger partial charge on any atom is -0.497 e. The quantitative estimate of drug-likeness (QED) is 0.366. The summed E-state index contributed by atoms with van der Waals surface area (Å²) in [5.74, 6) is -0.263. The fraction of sp³-hybridized carbons (Fsp3) is 0. The lowest BCUT2D eigenvalue weighted by molar-refractivity contribution is 0.488. The summed E-state index contributed by atoms with van der Waals surface area (Å²) in [7, 11) is 0. The van der Waals surface area contributed by atoms with Crippen LogP contribution in [0.4, 0.5) is 0 Å². The fourth-order valence-corrected chi connectivity index (χ4v) is 0.792. The van der Waals surface area contributed by atoms with Crippen LogP contribution < -0.4 is 5.73 Å². The van der Waals surface area contributed by atoms with Crippen LogP contribution in [-0.4, -0.2) is 20.5 Å². The van der Waals surface area contributed by atoms with Gasteiger partial charge in [0.25, 0.3) is 0 Å². The van der Waals surface area contributed by atoms with E-state index in [1.54, 1.807) is 0 Å². The largest absolute Gasteiger partial charge is 0.497 e. The van der Waals surface area contributed by atoms with Crippen molar-refractivity contribution in [3.63, 3.8) is 0 Å². The molecule has 1 heterocycles. The number of hydrogen-bond donors (Lipinski definition) is 3. The molecule has 0 aromatic carbocycles. The van der Waals surface area contributed by atoms with Gasteiger partial charge in [0, 0.05) is 11.5 Å². The van der Waals surface area contributed by atoms with Gasteiger partial charge < -0.3 is 10.8 Å². The molecule has 0 unspecified atom stereocenters. The van der Waals surface area contributed by atoms with Gasteiger partial charge in [0.2, 0.25) is 5.06 Å². The summed E-state index contributed by atoms with van der Waals surface area (Å²) in [5, 5.41) is 18.9. The zero-order chi connectivity index (χ0) is 6.85. The summed E-state index contributed by atoms with van der Waals surface area (Å²) >= 11 is 0.806. The van der Waals surface area contributed by atoms with Crippen molar-refractivity contribution in [2.45, 2.75) is 0 Å². The summed E-state index contributed by atoms with van der Waals surface area (Å²) in [4.78, 5) is 0. The highest BCUT2D eigenvalue weighted by atomic mass is 32.1. The van der Waals surface area contributed by atoms with Crippen molar-refractivity contribution in [2.24, 2.45) is 5.73 Å². The molecule has 0 radical (unpaired) electrons. The minimum absolute atomic E-state index is 0.0556. The Morgan fingerprint density at radius 1 is 1.78 bits per heavy atom. The number of rotatable bonds is 1. The van der Waals surface area contributed by atoms with Crippen molar-refractivity contribution in [3.8, 4) is 5.06 Å². The Morgan fingerprint density at radius 2 is 2.44 bits per heavy atom. The van der Waals surface area contributed by atoms with E-state index < -0.39 is 0 Å². The molecule has 0 saturated carbocycles. The molecule has 0 bridgehead atoms. The summed E-state index contributed by atoms with van der Waals surface area (Å²) in [6.45, 7) is 0. The standard InChI is InChI=1S/C3H4N4OS/c4-2(5)1-3(8)9-7-6-1/h8H,(H3,4,5). The smallest absolute Gasteiger partial charge is 0.223 e. The Labute approximate surface area is 54.8 Å². The maximum atomic E-state index is 8.79. The molecule has 1 aromatic rings. The van der Waals surface area contributed by atoms with E-state index in [4.69, 9.17) is 16.2 Å². The molecule has 9 heavy (non-hydrogen) atoms. The average molecular weight is 144 g/mol. The summed E-state index contributed by atoms with van der Waals surface area (Å²) in [6, 6.07) is 0. The maximum Gasteiger partial charge on any atom is 0.223 e. The van der Waals surface area contributed by atoms with Crippen molar-refractivity contribution in [1.82, 2.24) is 9.59 Å². The molecule has 1 rings (SSSR count). The normalized spacial score (nSPS) is 9.33. The molecule has 0 aliphatic carbocycles. The van der Waals surface area contributed by atoms with Crippen LogP contribution in [0.3, 0.4) is 0 Å². The molecule has 5 nitrogen and oxygen atoms in total. The highest BCUT2D eigenvalue weighted by molar-refractivity contribution is 7.07. The molecule has 4 N–H and O–H groups in total. The molecule has 0 spiro atoms. The Balaban J connectivity index is 3.08. The molecule has 0 fully saturated rings. The van der Waals surface area contributed by atoms with Crippen LogP contribution in [0.2, 0.25) is 0 Å². The van der Waals surface area contributed by atoms with Crippen LogP contribution in [0, 0.1) is 5.41 Å². The second-order valence-corrected chi connectivity index (χ2v) is 2.07. The molecule has 1 aromatic heterocycles. The zero-order valence-corrected chi connectivity index (χ0v) is 5.14. The number of aromatic hydroxyl groups is 1. The lowest BCUT2D eigenvalue weighted by Gasteiger charge is -1.86. The van der Waals surface area contributed by atoms with Gasteiger partial charge in [0.05, 0.1) is 0 Å². The van der Waals surface area contributed by atoms with Crippen molar-refractivity contribution >= 4 is 17.4 Å². The first-order chi connectivity index (χ1) is 4.22. The lowest BCUT2D eigenvalue weighted by Crippen LogP contribution is -2.11. The molecular formula is C3H4N4OS. The highest BCUT2D eigenvalue weighted by Gasteiger charge is 2.07. The summed E-state index contributed by atoms with van der Waals surface area (Å²) in [6.07, 6.45) is 0. The minimum atomic E-state index is -0.263. The van der Waals surface area contributed by atoms with E-state index in [0.29, 0.717) is 0 Å². The monoisotopic (exact) mass is 144 g/mol. The van der Waals surface area contributed by atoms with Crippen LogP contribution >= 0.6 is 11.5 Å². The van der Waals surface area contributed by atoms with Crippen molar-refractivity contribution in [3.05, 3.63) is 5.69 Å². The maximum absolute atomic E-state index is 8.79. The number of amidine groups is 1. The van der Waals surface area contributed by atoms with E-state index in [9.17, 15) is 0 Å². The van der Waals surface area contributed by atoms with E-state index in [2.05, 4.69) is 9.59 Å². The Kier molecular flexibility index (Phi) is 1.31. The Morgan fingerprint density at radius 3 is 2.67 bits per heavy atom. The summed E-state index contributed by atoms with van der Waals surface area (Å²) in [5.41, 5.74) is 5.04. The number of nitrogens with zero attached hydrogens (tertiary/aromatic N) is 2. The van der Waals surface area contributed by atoms with Crippen molar-refractivity contribution in [2.75, 3.05) is 0 Å². The second-order valence-electron chi connectivity index (χ2n) is 1.34. The topological polar surface area (TPSA) is 95.9 Å². The predicted octanol–water partition coefficient (Wildman–Crippen LogP) is -0.472. The SMILES string of the molecule is N=C(N)c1nnsc1O. The molecule has 6 heteroatoms. The van der Waals surface area contributed by atoms with E-state index in [1.807, 2.05) is 0 Å². The van der Waals surface area contributed by atoms with Gasteiger partial charge in [-0.05, 0) is 0 Å². The van der Waals surface area contributed by atoms with Gasteiger partial charge in [-0.1, -0.05) is 4.49 Å². The lowest BCUT2D eigenvalue weighted by atomic mass is 10.4. The molecular weight excluding hydrogens is 140 g/mol.